The van der Waals surface area contributed by atoms with Gasteiger partial charge in [-0.05, 0) is 12.1 Å². The number of pyridine rings is 1. The molecule has 84 valence electrons. The molecular weight excluding hydrogens is 228 g/mol. The van der Waals surface area contributed by atoms with Gasteiger partial charge in [-0.25, -0.2) is 4.85 Å². The summed E-state index contributed by atoms with van der Waals surface area (Å²) in [6.07, 6.45) is 3.26. The topological polar surface area (TPSA) is 74.1 Å². The van der Waals surface area contributed by atoms with Gasteiger partial charge in [0.05, 0.1) is 12.6 Å². The third kappa shape index (κ3) is 1.27. The van der Waals surface area contributed by atoms with Gasteiger partial charge in [-0.2, -0.15) is 10.4 Å². The van der Waals surface area contributed by atoms with Crippen LogP contribution in [0.1, 0.15) is 5.56 Å². The fourth-order valence-electron chi connectivity index (χ4n) is 1.80. The molecule has 0 spiro atoms. The second kappa shape index (κ2) is 3.72. The van der Waals surface area contributed by atoms with Crippen LogP contribution in [-0.4, -0.2) is 19.6 Å². The van der Waals surface area contributed by atoms with E-state index in [1.807, 2.05) is 24.3 Å². The van der Waals surface area contributed by atoms with E-state index in [1.54, 1.807) is 16.8 Å². The predicted molar refractivity (Wildman–Crippen MR) is 63.8 cm³/mol. The maximum atomic E-state index is 9.05. The molecule has 0 amide bonds. The Morgan fingerprint density at radius 2 is 2.33 bits per heavy atom. The van der Waals surface area contributed by atoms with Crippen molar-refractivity contribution in [2.45, 2.75) is 0 Å². The third-order valence-electron chi connectivity index (χ3n) is 2.61. The zero-order valence-corrected chi connectivity index (χ0v) is 9.12. The molecule has 0 unspecified atom stereocenters. The maximum absolute atomic E-state index is 9.05. The number of nitriles is 1. The van der Waals surface area contributed by atoms with Gasteiger partial charge < -0.3 is 0 Å². The van der Waals surface area contributed by atoms with Crippen LogP contribution < -0.4 is 0 Å². The molecule has 3 heterocycles. The first-order valence-electron chi connectivity index (χ1n) is 5.13. The van der Waals surface area contributed by atoms with Crippen molar-refractivity contribution in [2.75, 3.05) is 0 Å². The summed E-state index contributed by atoms with van der Waals surface area (Å²) < 4.78 is 1.67. The largest absolute Gasteiger partial charge is 0.294 e. The van der Waals surface area contributed by atoms with Gasteiger partial charge in [0, 0.05) is 12.4 Å². The fourth-order valence-corrected chi connectivity index (χ4v) is 1.80. The van der Waals surface area contributed by atoms with Crippen LogP contribution in [0.3, 0.4) is 0 Å². The summed E-state index contributed by atoms with van der Waals surface area (Å²) in [4.78, 5) is 7.52. The van der Waals surface area contributed by atoms with Crippen molar-refractivity contribution >= 4 is 11.3 Å². The van der Waals surface area contributed by atoms with Crippen LogP contribution >= 0.6 is 0 Å². The van der Waals surface area contributed by atoms with E-state index in [0.29, 0.717) is 28.4 Å². The smallest absolute Gasteiger partial charge is 0.224 e. The molecule has 0 atom stereocenters. The third-order valence-corrected chi connectivity index (χ3v) is 2.61. The lowest BCUT2D eigenvalue weighted by atomic mass is 10.3. The monoisotopic (exact) mass is 234 g/mol. The van der Waals surface area contributed by atoms with Gasteiger partial charge in [0.15, 0.2) is 5.82 Å². The Kier molecular flexibility index (Phi) is 2.08. The number of hydrogen-bond acceptors (Lipinski definition) is 3. The van der Waals surface area contributed by atoms with Crippen LogP contribution in [0.5, 0.6) is 0 Å². The summed E-state index contributed by atoms with van der Waals surface area (Å²) in [5.41, 5.74) is 1.81. The number of fused-ring (bicyclic) bond motifs is 1. The SMILES string of the molecule is [C-]#[N+]c1cn2c(-c3ccccn3)n[nH]c2c1C#N. The maximum Gasteiger partial charge on any atom is 0.224 e. The molecule has 6 heteroatoms. The molecule has 1 N–H and O–H groups in total. The minimum atomic E-state index is 0.305. The van der Waals surface area contributed by atoms with Crippen molar-refractivity contribution < 1.29 is 0 Å². The minimum Gasteiger partial charge on any atom is -0.294 e. The summed E-state index contributed by atoms with van der Waals surface area (Å²) in [5.74, 6) is 0.581. The van der Waals surface area contributed by atoms with Crippen molar-refractivity contribution in [3.63, 3.8) is 0 Å². The highest BCUT2D eigenvalue weighted by Crippen LogP contribution is 2.27. The minimum absolute atomic E-state index is 0.305. The van der Waals surface area contributed by atoms with Gasteiger partial charge in [-0.3, -0.25) is 14.5 Å². The molecule has 0 bridgehead atoms. The normalized spacial score (nSPS) is 10.1. The molecule has 0 aliphatic heterocycles. The average molecular weight is 234 g/mol. The molecule has 0 aromatic carbocycles. The molecule has 3 aromatic rings. The molecule has 6 nitrogen and oxygen atoms in total. The zero-order valence-electron chi connectivity index (χ0n) is 9.12. The van der Waals surface area contributed by atoms with Gasteiger partial charge in [-0.1, -0.05) is 6.07 Å². The first-order valence-corrected chi connectivity index (χ1v) is 5.13. The lowest BCUT2D eigenvalue weighted by Crippen LogP contribution is -1.88. The predicted octanol–water partition coefficient (Wildman–Crippen LogP) is 2.15. The van der Waals surface area contributed by atoms with Crippen LogP contribution in [0.4, 0.5) is 5.69 Å². The van der Waals surface area contributed by atoms with Crippen LogP contribution in [0.15, 0.2) is 30.6 Å². The zero-order chi connectivity index (χ0) is 12.5. The molecule has 0 saturated heterocycles. The Morgan fingerprint density at radius 1 is 1.44 bits per heavy atom. The highest BCUT2D eigenvalue weighted by molar-refractivity contribution is 5.74. The summed E-state index contributed by atoms with van der Waals surface area (Å²) >= 11 is 0. The van der Waals surface area contributed by atoms with Crippen LogP contribution in [0.25, 0.3) is 22.0 Å². The van der Waals surface area contributed by atoms with Gasteiger partial charge in [-0.15, -0.1) is 0 Å². The number of nitrogens with one attached hydrogen (secondary N) is 1. The Morgan fingerprint density at radius 3 is 3.00 bits per heavy atom. The van der Waals surface area contributed by atoms with E-state index < -0.39 is 0 Å². The molecular formula is C12H6N6. The molecule has 3 aromatic heterocycles. The Bertz CT molecular complexity index is 797. The Labute approximate surface area is 102 Å². The van der Waals surface area contributed by atoms with E-state index in [4.69, 9.17) is 11.8 Å². The van der Waals surface area contributed by atoms with Crippen molar-refractivity contribution in [2.24, 2.45) is 0 Å². The molecule has 0 radical (unpaired) electrons. The molecule has 0 fully saturated rings. The van der Waals surface area contributed by atoms with E-state index in [-0.39, 0.29) is 0 Å². The highest BCUT2D eigenvalue weighted by atomic mass is 15.3. The summed E-state index contributed by atoms with van der Waals surface area (Å²) in [6.45, 7) is 7.04. The second-order valence-electron chi connectivity index (χ2n) is 3.59. The highest BCUT2D eigenvalue weighted by Gasteiger charge is 2.16. The van der Waals surface area contributed by atoms with Gasteiger partial charge in [0.2, 0.25) is 5.69 Å². The molecule has 18 heavy (non-hydrogen) atoms. The van der Waals surface area contributed by atoms with Gasteiger partial charge in [0.25, 0.3) is 0 Å². The van der Waals surface area contributed by atoms with E-state index in [1.165, 1.54) is 0 Å². The Balaban J connectivity index is 2.32. The van der Waals surface area contributed by atoms with Crippen molar-refractivity contribution in [1.82, 2.24) is 19.6 Å². The van der Waals surface area contributed by atoms with E-state index in [9.17, 15) is 0 Å². The first kappa shape index (κ1) is 10.1. The molecule has 0 saturated carbocycles. The molecule has 0 aliphatic carbocycles. The van der Waals surface area contributed by atoms with Crippen LogP contribution in [-0.2, 0) is 0 Å². The first-order chi connectivity index (χ1) is 8.85. The van der Waals surface area contributed by atoms with Crippen molar-refractivity contribution in [1.29, 1.82) is 5.26 Å². The number of hydrogen-bond donors (Lipinski definition) is 1. The van der Waals surface area contributed by atoms with E-state index >= 15 is 0 Å². The van der Waals surface area contributed by atoms with Crippen LogP contribution in [0.2, 0.25) is 0 Å². The number of H-pyrrole nitrogens is 1. The lowest BCUT2D eigenvalue weighted by Gasteiger charge is -1.95. The van der Waals surface area contributed by atoms with E-state index in [2.05, 4.69) is 20.0 Å². The summed E-state index contributed by atoms with van der Waals surface area (Å²) in [6, 6.07) is 7.49. The quantitative estimate of drug-likeness (QED) is 0.655. The van der Waals surface area contributed by atoms with E-state index in [0.717, 1.165) is 0 Å². The van der Waals surface area contributed by atoms with Gasteiger partial charge >= 0.3 is 0 Å². The molecule has 0 aliphatic rings. The van der Waals surface area contributed by atoms with Gasteiger partial charge in [0.1, 0.15) is 16.9 Å². The lowest BCUT2D eigenvalue weighted by molar-refractivity contribution is 1.09. The second-order valence-corrected chi connectivity index (χ2v) is 3.59. The van der Waals surface area contributed by atoms with Crippen molar-refractivity contribution in [3.8, 4) is 17.6 Å². The average Bonchev–Trinajstić information content (AvgIpc) is 2.97. The summed E-state index contributed by atoms with van der Waals surface area (Å²) in [5, 5.41) is 15.9. The Hall–Kier alpha value is -3.12. The fraction of sp³-hybridized carbons (Fsp3) is 0. The number of aromatic nitrogens is 4. The number of aromatic amines is 1. The standard InChI is InChI=1S/C12H6N6/c1-14-10-7-18-11(8(10)6-13)16-17-12(18)9-4-2-3-5-15-9/h2-5,7,16H. The van der Waals surface area contributed by atoms with Crippen molar-refractivity contribution in [3.05, 3.63) is 47.6 Å². The van der Waals surface area contributed by atoms with Crippen LogP contribution in [0, 0.1) is 17.9 Å². The number of rotatable bonds is 1. The molecule has 3 rings (SSSR count). The summed E-state index contributed by atoms with van der Waals surface area (Å²) in [7, 11) is 0. The number of nitrogens with zero attached hydrogens (tertiary/aromatic N) is 5.